The maximum atomic E-state index is 12.4. The van der Waals surface area contributed by atoms with Crippen molar-refractivity contribution in [2.24, 2.45) is 0 Å². The summed E-state index contributed by atoms with van der Waals surface area (Å²) in [6, 6.07) is 12.0. The van der Waals surface area contributed by atoms with Crippen LogP contribution in [0.2, 0.25) is 0 Å². The topological polar surface area (TPSA) is 79.4 Å². The van der Waals surface area contributed by atoms with Crippen LogP contribution in [0.3, 0.4) is 0 Å². The van der Waals surface area contributed by atoms with Gasteiger partial charge in [0.2, 0.25) is 10.0 Å². The molecule has 8 heteroatoms. The summed E-state index contributed by atoms with van der Waals surface area (Å²) in [6.45, 7) is 4.12. The predicted molar refractivity (Wildman–Crippen MR) is 104 cm³/mol. The van der Waals surface area contributed by atoms with Crippen LogP contribution in [-0.4, -0.2) is 37.2 Å². The molecule has 2 aromatic carbocycles. The number of aryl methyl sites for hydroxylation is 1. The first kappa shape index (κ1) is 18.5. The number of hydrogen-bond acceptors (Lipinski definition) is 5. The highest BCUT2D eigenvalue weighted by Crippen LogP contribution is 2.29. The van der Waals surface area contributed by atoms with Gasteiger partial charge in [0.1, 0.15) is 0 Å². The Morgan fingerprint density at radius 2 is 1.88 bits per heavy atom. The Kier molecular flexibility index (Phi) is 5.08. The molecule has 0 unspecified atom stereocenters. The van der Waals surface area contributed by atoms with E-state index in [0.29, 0.717) is 27.5 Å². The second kappa shape index (κ2) is 7.14. The number of sulfonamides is 1. The monoisotopic (exact) mass is 389 g/mol. The fourth-order valence-corrected chi connectivity index (χ4v) is 4.52. The molecule has 26 heavy (non-hydrogen) atoms. The first-order chi connectivity index (χ1) is 12.3. The van der Waals surface area contributed by atoms with E-state index < -0.39 is 10.0 Å². The lowest BCUT2D eigenvalue weighted by Crippen LogP contribution is -2.26. The van der Waals surface area contributed by atoms with Crippen molar-refractivity contribution in [2.45, 2.75) is 18.7 Å². The van der Waals surface area contributed by atoms with Crippen LogP contribution in [0.5, 0.6) is 0 Å². The molecule has 1 amide bonds. The molecule has 136 valence electrons. The lowest BCUT2D eigenvalue weighted by molar-refractivity contribution is 0.102. The van der Waals surface area contributed by atoms with Gasteiger partial charge in [0.25, 0.3) is 5.91 Å². The van der Waals surface area contributed by atoms with Gasteiger partial charge in [-0.1, -0.05) is 36.0 Å². The molecule has 0 aliphatic rings. The number of fused-ring (bicyclic) bond motifs is 1. The van der Waals surface area contributed by atoms with E-state index in [9.17, 15) is 13.2 Å². The highest BCUT2D eigenvalue weighted by atomic mass is 32.2. The van der Waals surface area contributed by atoms with Gasteiger partial charge < -0.3 is 0 Å². The molecule has 1 N–H and O–H groups in total. The molecule has 3 rings (SSSR count). The average Bonchev–Trinajstić information content (AvgIpc) is 3.02. The largest absolute Gasteiger partial charge is 0.298 e. The molecule has 6 nitrogen and oxygen atoms in total. The van der Waals surface area contributed by atoms with Crippen molar-refractivity contribution in [3.05, 3.63) is 53.6 Å². The van der Waals surface area contributed by atoms with Crippen molar-refractivity contribution in [1.29, 1.82) is 0 Å². The third-order valence-electron chi connectivity index (χ3n) is 4.05. The zero-order chi connectivity index (χ0) is 18.9. The quantitative estimate of drug-likeness (QED) is 0.724. The Hall–Kier alpha value is -2.29. The number of nitrogens with one attached hydrogen (secondary N) is 1. The van der Waals surface area contributed by atoms with Gasteiger partial charge in [-0.25, -0.2) is 17.7 Å². The van der Waals surface area contributed by atoms with Crippen LogP contribution in [-0.2, 0) is 10.0 Å². The van der Waals surface area contributed by atoms with Crippen LogP contribution in [0.25, 0.3) is 10.2 Å². The summed E-state index contributed by atoms with van der Waals surface area (Å²) in [7, 11) is -1.98. The van der Waals surface area contributed by atoms with Gasteiger partial charge in [-0.05, 0) is 37.3 Å². The van der Waals surface area contributed by atoms with E-state index in [1.165, 1.54) is 21.7 Å². The van der Waals surface area contributed by atoms with Gasteiger partial charge >= 0.3 is 0 Å². The standard InChI is InChI=1S/C18H19N3O3S2/c1-4-21(3)26(23,24)14-9-10-15-16(11-14)25-18(19-15)20-17(22)13-7-5-12(2)6-8-13/h5-11H,4H2,1-3H3,(H,19,20,22). The van der Waals surface area contributed by atoms with E-state index in [2.05, 4.69) is 10.3 Å². The van der Waals surface area contributed by atoms with Crippen molar-refractivity contribution in [3.8, 4) is 0 Å². The van der Waals surface area contributed by atoms with Crippen molar-refractivity contribution < 1.29 is 13.2 Å². The maximum Gasteiger partial charge on any atom is 0.257 e. The van der Waals surface area contributed by atoms with E-state index in [1.54, 1.807) is 38.2 Å². The van der Waals surface area contributed by atoms with Crippen molar-refractivity contribution in [2.75, 3.05) is 18.9 Å². The molecular formula is C18H19N3O3S2. The van der Waals surface area contributed by atoms with E-state index >= 15 is 0 Å². The zero-order valence-corrected chi connectivity index (χ0v) is 16.3. The molecule has 0 radical (unpaired) electrons. The van der Waals surface area contributed by atoms with Crippen molar-refractivity contribution in [1.82, 2.24) is 9.29 Å². The number of thiazole rings is 1. The lowest BCUT2D eigenvalue weighted by atomic mass is 10.1. The summed E-state index contributed by atoms with van der Waals surface area (Å²) in [5.41, 5.74) is 2.27. The molecule has 1 aromatic heterocycles. The molecular weight excluding hydrogens is 370 g/mol. The van der Waals surface area contributed by atoms with Gasteiger partial charge in [0, 0.05) is 19.2 Å². The van der Waals surface area contributed by atoms with E-state index in [4.69, 9.17) is 0 Å². The van der Waals surface area contributed by atoms with Crippen LogP contribution in [0.1, 0.15) is 22.8 Å². The average molecular weight is 390 g/mol. The summed E-state index contributed by atoms with van der Waals surface area (Å²) in [5, 5.41) is 3.20. The molecule has 0 atom stereocenters. The summed E-state index contributed by atoms with van der Waals surface area (Å²) in [6.07, 6.45) is 0. The molecule has 0 aliphatic heterocycles. The Morgan fingerprint density at radius 3 is 2.54 bits per heavy atom. The number of nitrogens with zero attached hydrogens (tertiary/aromatic N) is 2. The molecule has 0 spiro atoms. The number of amides is 1. The van der Waals surface area contributed by atoms with E-state index in [-0.39, 0.29) is 10.8 Å². The predicted octanol–water partition coefficient (Wildman–Crippen LogP) is 3.50. The van der Waals surface area contributed by atoms with Gasteiger partial charge in [-0.3, -0.25) is 10.1 Å². The third kappa shape index (κ3) is 3.62. The molecule has 3 aromatic rings. The zero-order valence-electron chi connectivity index (χ0n) is 14.7. The minimum atomic E-state index is -3.52. The normalized spacial score (nSPS) is 11.8. The Balaban J connectivity index is 1.88. The van der Waals surface area contributed by atoms with Gasteiger partial charge in [0.15, 0.2) is 5.13 Å². The number of carbonyl (C=O) groups is 1. The number of benzene rings is 2. The van der Waals surface area contributed by atoms with Crippen LogP contribution in [0.4, 0.5) is 5.13 Å². The van der Waals surface area contributed by atoms with Gasteiger partial charge in [0.05, 0.1) is 15.1 Å². The van der Waals surface area contributed by atoms with Crippen molar-refractivity contribution >= 4 is 42.6 Å². The van der Waals surface area contributed by atoms with Crippen molar-refractivity contribution in [3.63, 3.8) is 0 Å². The molecule has 1 heterocycles. The molecule has 0 aliphatic carbocycles. The minimum Gasteiger partial charge on any atom is -0.298 e. The summed E-state index contributed by atoms with van der Waals surface area (Å²) >= 11 is 1.25. The number of aromatic nitrogens is 1. The number of anilines is 1. The summed E-state index contributed by atoms with van der Waals surface area (Å²) in [4.78, 5) is 16.9. The van der Waals surface area contributed by atoms with Crippen LogP contribution in [0.15, 0.2) is 47.4 Å². The highest BCUT2D eigenvalue weighted by Gasteiger charge is 2.20. The lowest BCUT2D eigenvalue weighted by Gasteiger charge is -2.14. The summed E-state index contributed by atoms with van der Waals surface area (Å²) in [5.74, 6) is -0.248. The highest BCUT2D eigenvalue weighted by molar-refractivity contribution is 7.89. The summed E-state index contributed by atoms with van der Waals surface area (Å²) < 4.78 is 26.9. The first-order valence-corrected chi connectivity index (χ1v) is 10.3. The van der Waals surface area contributed by atoms with Gasteiger partial charge in [-0.15, -0.1) is 0 Å². The fourth-order valence-electron chi connectivity index (χ4n) is 2.34. The molecule has 0 fully saturated rings. The maximum absolute atomic E-state index is 12.4. The number of rotatable bonds is 5. The Labute approximate surface area is 156 Å². The Bertz CT molecular complexity index is 1060. The van der Waals surface area contributed by atoms with Crippen LogP contribution >= 0.6 is 11.3 Å². The first-order valence-electron chi connectivity index (χ1n) is 8.06. The molecule has 0 bridgehead atoms. The second-order valence-electron chi connectivity index (χ2n) is 5.89. The number of hydrogen-bond donors (Lipinski definition) is 1. The third-order valence-corrected chi connectivity index (χ3v) is 6.91. The van der Waals surface area contributed by atoms with E-state index in [0.717, 1.165) is 5.56 Å². The van der Waals surface area contributed by atoms with Crippen LogP contribution < -0.4 is 5.32 Å². The smallest absolute Gasteiger partial charge is 0.257 e. The SMILES string of the molecule is CCN(C)S(=O)(=O)c1ccc2nc(NC(=O)c3ccc(C)cc3)sc2c1. The van der Waals surface area contributed by atoms with Crippen LogP contribution in [0, 0.1) is 6.92 Å². The minimum absolute atomic E-state index is 0.217. The van der Waals surface area contributed by atoms with E-state index in [1.807, 2.05) is 19.1 Å². The number of carbonyl (C=O) groups excluding carboxylic acids is 1. The molecule has 0 saturated heterocycles. The Morgan fingerprint density at radius 1 is 1.19 bits per heavy atom. The molecule has 0 saturated carbocycles. The second-order valence-corrected chi connectivity index (χ2v) is 8.96. The fraction of sp³-hybridized carbons (Fsp3) is 0.222. The van der Waals surface area contributed by atoms with Gasteiger partial charge in [-0.2, -0.15) is 0 Å².